The van der Waals surface area contributed by atoms with Gasteiger partial charge in [0.2, 0.25) is 11.8 Å². The number of carbonyl (C=O) groups is 2. The lowest BCUT2D eigenvalue weighted by molar-refractivity contribution is -0.123. The van der Waals surface area contributed by atoms with Gasteiger partial charge in [0.1, 0.15) is 0 Å². The van der Waals surface area contributed by atoms with Gasteiger partial charge in [-0.3, -0.25) is 9.59 Å². The molecule has 0 fully saturated rings. The van der Waals surface area contributed by atoms with E-state index in [9.17, 15) is 9.59 Å². The van der Waals surface area contributed by atoms with Crippen molar-refractivity contribution in [1.82, 2.24) is 0 Å². The number of carbonyl (C=O) groups excluding carboxylic acids is 2. The normalized spacial score (nSPS) is 23.0. The molecule has 0 bridgehead atoms. The van der Waals surface area contributed by atoms with E-state index in [0.29, 0.717) is 12.0 Å². The highest BCUT2D eigenvalue weighted by Crippen LogP contribution is 2.23. The van der Waals surface area contributed by atoms with Crippen LogP contribution in [0.25, 0.3) is 0 Å². The number of hydrogen-bond donors (Lipinski definition) is 2. The molecule has 0 radical (unpaired) electrons. The standard InChI is InChI=1S/C8H12N2O2/c9-7(11)5-3-1-2-4-6(5)8(10)12/h3,6H,1-2,4H2,(H2,9,11)(H2,10,12). The number of amides is 2. The van der Waals surface area contributed by atoms with Crippen LogP contribution in [0.4, 0.5) is 0 Å². The Morgan fingerprint density at radius 2 is 2.08 bits per heavy atom. The molecule has 0 aromatic rings. The summed E-state index contributed by atoms with van der Waals surface area (Å²) in [7, 11) is 0. The third kappa shape index (κ3) is 1.64. The third-order valence-electron chi connectivity index (χ3n) is 2.06. The zero-order chi connectivity index (χ0) is 9.14. The molecule has 4 N–H and O–H groups in total. The molecule has 1 rings (SSSR count). The van der Waals surface area contributed by atoms with Crippen LogP contribution < -0.4 is 11.5 Å². The summed E-state index contributed by atoms with van der Waals surface area (Å²) in [5.41, 5.74) is 10.6. The molecule has 4 heteroatoms. The van der Waals surface area contributed by atoms with Crippen LogP contribution in [0.1, 0.15) is 19.3 Å². The predicted molar refractivity (Wildman–Crippen MR) is 43.8 cm³/mol. The van der Waals surface area contributed by atoms with Gasteiger partial charge in [-0.05, 0) is 19.3 Å². The summed E-state index contributed by atoms with van der Waals surface area (Å²) in [6, 6.07) is 0. The number of nitrogens with two attached hydrogens (primary N) is 2. The summed E-state index contributed by atoms with van der Waals surface area (Å²) in [6.07, 6.45) is 4.05. The highest BCUT2D eigenvalue weighted by atomic mass is 16.2. The summed E-state index contributed by atoms with van der Waals surface area (Å²) in [5.74, 6) is -1.45. The highest BCUT2D eigenvalue weighted by molar-refractivity contribution is 5.99. The summed E-state index contributed by atoms with van der Waals surface area (Å²) in [4.78, 5) is 21.7. The first-order valence-electron chi connectivity index (χ1n) is 3.92. The molecule has 66 valence electrons. The molecule has 1 aliphatic carbocycles. The largest absolute Gasteiger partial charge is 0.369 e. The maximum absolute atomic E-state index is 10.8. The molecule has 0 aliphatic heterocycles. The Labute approximate surface area is 70.6 Å². The van der Waals surface area contributed by atoms with Gasteiger partial charge in [-0.1, -0.05) is 6.08 Å². The van der Waals surface area contributed by atoms with Crippen molar-refractivity contribution in [1.29, 1.82) is 0 Å². The van der Waals surface area contributed by atoms with E-state index in [1.165, 1.54) is 0 Å². The van der Waals surface area contributed by atoms with Crippen LogP contribution in [0.15, 0.2) is 11.6 Å². The van der Waals surface area contributed by atoms with Crippen LogP contribution >= 0.6 is 0 Å². The summed E-state index contributed by atoms with van der Waals surface area (Å²) >= 11 is 0. The molecule has 0 aromatic heterocycles. The molecular weight excluding hydrogens is 156 g/mol. The smallest absolute Gasteiger partial charge is 0.245 e. The Morgan fingerprint density at radius 3 is 2.50 bits per heavy atom. The molecule has 0 saturated carbocycles. The van der Waals surface area contributed by atoms with Crippen molar-refractivity contribution in [3.05, 3.63) is 11.6 Å². The topological polar surface area (TPSA) is 86.2 Å². The number of primary amides is 2. The zero-order valence-corrected chi connectivity index (χ0v) is 6.75. The lowest BCUT2D eigenvalue weighted by Crippen LogP contribution is -2.32. The lowest BCUT2D eigenvalue weighted by Gasteiger charge is -2.18. The zero-order valence-electron chi connectivity index (χ0n) is 6.75. The Balaban J connectivity index is 2.85. The van der Waals surface area contributed by atoms with Gasteiger partial charge in [0.05, 0.1) is 5.92 Å². The van der Waals surface area contributed by atoms with Crippen molar-refractivity contribution in [3.63, 3.8) is 0 Å². The molecule has 0 aromatic carbocycles. The van der Waals surface area contributed by atoms with E-state index in [1.54, 1.807) is 6.08 Å². The van der Waals surface area contributed by atoms with Crippen molar-refractivity contribution in [2.75, 3.05) is 0 Å². The van der Waals surface area contributed by atoms with Gasteiger partial charge < -0.3 is 11.5 Å². The average molecular weight is 168 g/mol. The quantitative estimate of drug-likeness (QED) is 0.592. The van der Waals surface area contributed by atoms with Crippen LogP contribution in [0.2, 0.25) is 0 Å². The van der Waals surface area contributed by atoms with E-state index < -0.39 is 17.7 Å². The Bertz CT molecular complexity index is 245. The third-order valence-corrected chi connectivity index (χ3v) is 2.06. The van der Waals surface area contributed by atoms with Gasteiger partial charge in [-0.25, -0.2) is 0 Å². The molecule has 1 unspecified atom stereocenters. The summed E-state index contributed by atoms with van der Waals surface area (Å²) in [6.45, 7) is 0. The Morgan fingerprint density at radius 1 is 1.42 bits per heavy atom. The van der Waals surface area contributed by atoms with Crippen molar-refractivity contribution in [2.24, 2.45) is 17.4 Å². The Kier molecular flexibility index (Phi) is 2.47. The predicted octanol–water partition coefficient (Wildman–Crippen LogP) is -0.316. The first-order chi connectivity index (χ1) is 5.63. The van der Waals surface area contributed by atoms with Crippen LogP contribution in [-0.4, -0.2) is 11.8 Å². The van der Waals surface area contributed by atoms with Gasteiger partial charge in [-0.2, -0.15) is 0 Å². The van der Waals surface area contributed by atoms with Crippen LogP contribution in [0, 0.1) is 5.92 Å². The van der Waals surface area contributed by atoms with Gasteiger partial charge in [-0.15, -0.1) is 0 Å². The lowest BCUT2D eigenvalue weighted by atomic mass is 9.87. The van der Waals surface area contributed by atoms with Gasteiger partial charge in [0.15, 0.2) is 0 Å². The van der Waals surface area contributed by atoms with Crippen molar-refractivity contribution < 1.29 is 9.59 Å². The van der Waals surface area contributed by atoms with Gasteiger partial charge in [0, 0.05) is 5.57 Å². The number of hydrogen-bond acceptors (Lipinski definition) is 2. The molecule has 2 amide bonds. The number of rotatable bonds is 2. The molecular formula is C8H12N2O2. The second-order valence-electron chi connectivity index (χ2n) is 2.91. The number of allylic oxidation sites excluding steroid dienone is 1. The fourth-order valence-corrected chi connectivity index (χ4v) is 1.45. The van der Waals surface area contributed by atoms with Gasteiger partial charge in [0.25, 0.3) is 0 Å². The van der Waals surface area contributed by atoms with Crippen molar-refractivity contribution >= 4 is 11.8 Å². The van der Waals surface area contributed by atoms with Gasteiger partial charge >= 0.3 is 0 Å². The van der Waals surface area contributed by atoms with E-state index in [1.807, 2.05) is 0 Å². The first-order valence-corrected chi connectivity index (χ1v) is 3.92. The maximum atomic E-state index is 10.8. The van der Waals surface area contributed by atoms with E-state index in [-0.39, 0.29) is 0 Å². The van der Waals surface area contributed by atoms with Crippen LogP contribution in [-0.2, 0) is 9.59 Å². The molecule has 1 aliphatic rings. The summed E-state index contributed by atoms with van der Waals surface area (Å²) < 4.78 is 0. The highest BCUT2D eigenvalue weighted by Gasteiger charge is 2.25. The second-order valence-corrected chi connectivity index (χ2v) is 2.91. The van der Waals surface area contributed by atoms with E-state index in [2.05, 4.69) is 0 Å². The minimum absolute atomic E-state index is 0.383. The Hall–Kier alpha value is -1.32. The minimum Gasteiger partial charge on any atom is -0.369 e. The minimum atomic E-state index is -0.529. The monoisotopic (exact) mass is 168 g/mol. The fourth-order valence-electron chi connectivity index (χ4n) is 1.45. The maximum Gasteiger partial charge on any atom is 0.245 e. The molecule has 0 spiro atoms. The SMILES string of the molecule is NC(=O)C1=CCCCC1C(N)=O. The van der Waals surface area contributed by atoms with Crippen LogP contribution in [0.5, 0.6) is 0 Å². The summed E-state index contributed by atoms with van der Waals surface area (Å²) in [5, 5.41) is 0. The molecule has 0 saturated heterocycles. The molecule has 1 atom stereocenters. The van der Waals surface area contributed by atoms with E-state index >= 15 is 0 Å². The molecule has 4 nitrogen and oxygen atoms in total. The van der Waals surface area contributed by atoms with E-state index in [0.717, 1.165) is 12.8 Å². The first kappa shape index (κ1) is 8.77. The van der Waals surface area contributed by atoms with Crippen molar-refractivity contribution in [3.8, 4) is 0 Å². The molecule has 0 heterocycles. The molecule has 12 heavy (non-hydrogen) atoms. The fraction of sp³-hybridized carbons (Fsp3) is 0.500. The van der Waals surface area contributed by atoms with Crippen LogP contribution in [0.3, 0.4) is 0 Å². The van der Waals surface area contributed by atoms with E-state index in [4.69, 9.17) is 11.5 Å². The average Bonchev–Trinajstić information content (AvgIpc) is 2.04. The second kappa shape index (κ2) is 3.38. The van der Waals surface area contributed by atoms with Crippen molar-refractivity contribution in [2.45, 2.75) is 19.3 Å².